The van der Waals surface area contributed by atoms with E-state index >= 15 is 0 Å². The van der Waals surface area contributed by atoms with Crippen LogP contribution in [0, 0.1) is 5.92 Å². The summed E-state index contributed by atoms with van der Waals surface area (Å²) in [6.45, 7) is 14.2. The highest BCUT2D eigenvalue weighted by Gasteiger charge is 2.39. The highest BCUT2D eigenvalue weighted by Crippen LogP contribution is 2.50. The Hall–Kier alpha value is -1.69. The van der Waals surface area contributed by atoms with Gasteiger partial charge in [-0.3, -0.25) is 14.2 Å². The van der Waals surface area contributed by atoms with E-state index < -0.39 is 25.4 Å². The van der Waals surface area contributed by atoms with Crippen LogP contribution in [-0.4, -0.2) is 56.4 Å². The molecule has 0 bridgehead atoms. The van der Waals surface area contributed by atoms with Crippen LogP contribution in [0.5, 0.6) is 0 Å². The Kier molecular flexibility index (Phi) is 16.8. The molecule has 0 aromatic rings. The van der Waals surface area contributed by atoms with Crippen molar-refractivity contribution in [3.05, 3.63) is 34.9 Å². The number of hydrogen-bond acceptors (Lipinski definition) is 6. The van der Waals surface area contributed by atoms with Crippen LogP contribution in [0.3, 0.4) is 0 Å². The summed E-state index contributed by atoms with van der Waals surface area (Å²) >= 11 is 0. The molecule has 0 rings (SSSR count). The van der Waals surface area contributed by atoms with E-state index in [9.17, 15) is 14.2 Å². The van der Waals surface area contributed by atoms with Gasteiger partial charge in [-0.15, -0.1) is 0 Å². The van der Waals surface area contributed by atoms with Crippen molar-refractivity contribution in [2.75, 3.05) is 39.6 Å². The first kappa shape index (κ1) is 32.3. The molecule has 0 aliphatic rings. The maximum atomic E-state index is 13.1. The summed E-state index contributed by atoms with van der Waals surface area (Å²) in [5.74, 6) is -2.42. The van der Waals surface area contributed by atoms with Crippen LogP contribution in [-0.2, 0) is 27.9 Å². The van der Waals surface area contributed by atoms with Gasteiger partial charge in [0.15, 0.2) is 0 Å². The van der Waals surface area contributed by atoms with Crippen molar-refractivity contribution >= 4 is 19.5 Å². The summed E-state index contributed by atoms with van der Waals surface area (Å²) in [6, 6.07) is 0. The molecule has 8 heteroatoms. The van der Waals surface area contributed by atoms with Crippen LogP contribution in [0.1, 0.15) is 74.1 Å². The average Bonchev–Trinajstić information content (AvgIpc) is 2.75. The zero-order chi connectivity index (χ0) is 26.1. The van der Waals surface area contributed by atoms with E-state index in [-0.39, 0.29) is 26.0 Å². The number of rotatable bonds is 17. The van der Waals surface area contributed by atoms with Crippen molar-refractivity contribution in [3.8, 4) is 0 Å². The van der Waals surface area contributed by atoms with Crippen molar-refractivity contribution in [2.45, 2.75) is 74.1 Å². The number of carbonyl (C=O) groups excluding carboxylic acids is 2. The third-order valence-electron chi connectivity index (χ3n) is 5.14. The Bertz CT molecular complexity index is 757. The highest BCUT2D eigenvalue weighted by atomic mass is 31.2. The monoisotopic (exact) mass is 499 g/mol. The first-order valence-electron chi connectivity index (χ1n) is 12.2. The van der Waals surface area contributed by atoms with Crippen molar-refractivity contribution < 1.29 is 27.9 Å². The second-order valence-corrected chi connectivity index (χ2v) is 10.7. The molecule has 1 amide bonds. The average molecular weight is 500 g/mol. The standard InChI is InChI=1S/C26H46NO6P/c1-9-31-26(29)24(20-34(30,32-10-2)33-11-3)25(28)27(8)19-18-23(7)17-13-16-22(6)15-12-14-21(4)5/h14,16,18,24H,9-13,15,17,19-20H2,1-8H3/b22-16+,23-18+. The molecule has 0 aromatic heterocycles. The molecule has 1 unspecified atom stereocenters. The molecule has 0 saturated heterocycles. The zero-order valence-electron chi connectivity index (χ0n) is 22.5. The van der Waals surface area contributed by atoms with Crippen LogP contribution in [0.2, 0.25) is 0 Å². The molecule has 0 N–H and O–H groups in total. The lowest BCUT2D eigenvalue weighted by atomic mass is 10.1. The zero-order valence-corrected chi connectivity index (χ0v) is 23.4. The molecule has 196 valence electrons. The molecule has 0 aromatic carbocycles. The summed E-state index contributed by atoms with van der Waals surface area (Å²) in [6.07, 6.45) is 10.1. The number of likely N-dealkylation sites (N-methyl/N-ethyl adjacent to an activating group) is 1. The summed E-state index contributed by atoms with van der Waals surface area (Å²) in [5, 5.41) is 0. The summed E-state index contributed by atoms with van der Waals surface area (Å²) in [7, 11) is -1.97. The molecule has 34 heavy (non-hydrogen) atoms. The fourth-order valence-electron chi connectivity index (χ4n) is 3.24. The smallest absolute Gasteiger partial charge is 0.332 e. The van der Waals surface area contributed by atoms with Gasteiger partial charge in [0.1, 0.15) is 5.92 Å². The normalized spacial score (nSPS) is 13.4. The largest absolute Gasteiger partial charge is 0.465 e. The summed E-state index contributed by atoms with van der Waals surface area (Å²) < 4.78 is 28.6. The number of amides is 1. The van der Waals surface area contributed by atoms with Gasteiger partial charge in [-0.25, -0.2) is 0 Å². The van der Waals surface area contributed by atoms with Crippen LogP contribution in [0.4, 0.5) is 0 Å². The van der Waals surface area contributed by atoms with E-state index in [4.69, 9.17) is 13.8 Å². The second-order valence-electron chi connectivity index (χ2n) is 8.61. The molecule has 0 radical (unpaired) electrons. The minimum Gasteiger partial charge on any atom is -0.465 e. The highest BCUT2D eigenvalue weighted by molar-refractivity contribution is 7.53. The summed E-state index contributed by atoms with van der Waals surface area (Å²) in [5.41, 5.74) is 3.88. The van der Waals surface area contributed by atoms with Gasteiger partial charge in [0, 0.05) is 13.6 Å². The molecule has 0 aliphatic carbocycles. The molecule has 0 fully saturated rings. The topological polar surface area (TPSA) is 82.1 Å². The lowest BCUT2D eigenvalue weighted by Gasteiger charge is -2.25. The number of carbonyl (C=O) groups is 2. The van der Waals surface area contributed by atoms with Crippen molar-refractivity contribution in [3.63, 3.8) is 0 Å². The van der Waals surface area contributed by atoms with E-state index in [1.54, 1.807) is 27.8 Å². The fraction of sp³-hybridized carbons (Fsp3) is 0.692. The van der Waals surface area contributed by atoms with E-state index in [0.29, 0.717) is 6.54 Å². The lowest BCUT2D eigenvalue weighted by Crippen LogP contribution is -2.40. The molecular formula is C26H46NO6P. The predicted molar refractivity (Wildman–Crippen MR) is 139 cm³/mol. The van der Waals surface area contributed by atoms with Crippen molar-refractivity contribution in [2.24, 2.45) is 5.92 Å². The van der Waals surface area contributed by atoms with Crippen LogP contribution in [0.15, 0.2) is 34.9 Å². The maximum Gasteiger partial charge on any atom is 0.332 e. The Morgan fingerprint density at radius 3 is 1.88 bits per heavy atom. The molecule has 0 heterocycles. The Morgan fingerprint density at radius 2 is 1.38 bits per heavy atom. The van der Waals surface area contributed by atoms with E-state index in [1.165, 1.54) is 16.0 Å². The Labute approximate surface area is 207 Å². The second kappa shape index (κ2) is 17.7. The third-order valence-corrected chi connectivity index (χ3v) is 7.26. The fourth-order valence-corrected chi connectivity index (χ4v) is 5.07. The molecule has 1 atom stereocenters. The quantitative estimate of drug-likeness (QED) is 0.101. The van der Waals surface area contributed by atoms with Gasteiger partial charge in [-0.1, -0.05) is 34.9 Å². The van der Waals surface area contributed by atoms with E-state index in [2.05, 4.69) is 32.9 Å². The molecule has 0 aliphatic heterocycles. The number of allylic oxidation sites excluding steroid dienone is 5. The SMILES string of the molecule is CCOC(=O)C(CP(=O)(OCC)OCC)C(=O)N(C)C/C=C(\C)CC/C=C(\C)CCC=C(C)C. The van der Waals surface area contributed by atoms with Gasteiger partial charge in [-0.05, 0) is 74.1 Å². The first-order valence-corrected chi connectivity index (χ1v) is 14.0. The number of esters is 1. The number of nitrogens with zero attached hydrogens (tertiary/aromatic N) is 1. The van der Waals surface area contributed by atoms with Crippen LogP contribution >= 0.6 is 7.60 Å². The van der Waals surface area contributed by atoms with Gasteiger partial charge in [0.25, 0.3) is 0 Å². The number of hydrogen-bond donors (Lipinski definition) is 0. The van der Waals surface area contributed by atoms with E-state index in [0.717, 1.165) is 31.3 Å². The minimum absolute atomic E-state index is 0.125. The first-order chi connectivity index (χ1) is 16.0. The summed E-state index contributed by atoms with van der Waals surface area (Å²) in [4.78, 5) is 27.0. The van der Waals surface area contributed by atoms with Crippen molar-refractivity contribution in [1.29, 1.82) is 0 Å². The van der Waals surface area contributed by atoms with Crippen LogP contribution < -0.4 is 0 Å². The lowest BCUT2D eigenvalue weighted by molar-refractivity contribution is -0.154. The Morgan fingerprint density at radius 1 is 0.853 bits per heavy atom. The predicted octanol–water partition coefficient (Wildman–Crippen LogP) is 6.31. The van der Waals surface area contributed by atoms with Crippen LogP contribution in [0.25, 0.3) is 0 Å². The van der Waals surface area contributed by atoms with Gasteiger partial charge in [0.05, 0.1) is 26.0 Å². The van der Waals surface area contributed by atoms with Gasteiger partial charge < -0.3 is 18.7 Å². The van der Waals surface area contributed by atoms with Gasteiger partial charge in [-0.2, -0.15) is 0 Å². The Balaban J connectivity index is 5.09. The molecule has 0 saturated carbocycles. The minimum atomic E-state index is -3.60. The van der Waals surface area contributed by atoms with Gasteiger partial charge >= 0.3 is 13.6 Å². The van der Waals surface area contributed by atoms with Crippen molar-refractivity contribution in [1.82, 2.24) is 4.90 Å². The van der Waals surface area contributed by atoms with E-state index in [1.807, 2.05) is 13.0 Å². The molecule has 7 nitrogen and oxygen atoms in total. The molecule has 0 spiro atoms. The third kappa shape index (κ3) is 13.9. The maximum absolute atomic E-state index is 13.1. The van der Waals surface area contributed by atoms with Gasteiger partial charge in [0.2, 0.25) is 5.91 Å². The molecular weight excluding hydrogens is 453 g/mol. The number of ether oxygens (including phenoxy) is 1.